The molecule has 1 N–H and O–H groups in total. The highest BCUT2D eigenvalue weighted by molar-refractivity contribution is 5.28. The van der Waals surface area contributed by atoms with Crippen molar-refractivity contribution in [2.24, 2.45) is 11.3 Å². The first-order valence-corrected chi connectivity index (χ1v) is 9.81. The van der Waals surface area contributed by atoms with Crippen LogP contribution < -0.4 is 10.1 Å². The molecule has 1 aromatic rings. The molecule has 0 spiro atoms. The van der Waals surface area contributed by atoms with Gasteiger partial charge in [-0.25, -0.2) is 0 Å². The summed E-state index contributed by atoms with van der Waals surface area (Å²) in [5.74, 6) is 1.84. The summed E-state index contributed by atoms with van der Waals surface area (Å²) in [6.45, 7) is 6.36. The van der Waals surface area contributed by atoms with E-state index in [1.54, 1.807) is 7.11 Å². The maximum atomic E-state index is 6.21. The van der Waals surface area contributed by atoms with Crippen LogP contribution in [0.5, 0.6) is 5.75 Å². The number of nitrogens with one attached hydrogen (secondary N) is 1. The summed E-state index contributed by atoms with van der Waals surface area (Å²) >= 11 is 0. The van der Waals surface area contributed by atoms with Crippen molar-refractivity contribution in [2.75, 3.05) is 46.9 Å². The average Bonchev–Trinajstić information content (AvgIpc) is 2.60. The van der Waals surface area contributed by atoms with Crippen molar-refractivity contribution in [1.29, 1.82) is 0 Å². The van der Waals surface area contributed by atoms with Crippen LogP contribution in [-0.2, 0) is 11.3 Å². The Bertz CT molecular complexity index is 522. The largest absolute Gasteiger partial charge is 0.493 e. The fourth-order valence-corrected chi connectivity index (χ4v) is 4.26. The maximum absolute atomic E-state index is 6.21. The van der Waals surface area contributed by atoms with E-state index >= 15 is 0 Å². The van der Waals surface area contributed by atoms with Gasteiger partial charge in [0.25, 0.3) is 0 Å². The number of ether oxygens (including phenoxy) is 2. The zero-order valence-electron chi connectivity index (χ0n) is 15.9. The topological polar surface area (TPSA) is 33.7 Å². The first-order chi connectivity index (χ1) is 12.2. The quantitative estimate of drug-likeness (QED) is 0.744. The lowest BCUT2D eigenvalue weighted by molar-refractivity contribution is 0.00765. The van der Waals surface area contributed by atoms with Crippen LogP contribution in [-0.4, -0.2) is 51.8 Å². The van der Waals surface area contributed by atoms with Crippen LogP contribution in [0.25, 0.3) is 0 Å². The molecule has 1 aromatic carbocycles. The Kier molecular flexibility index (Phi) is 6.74. The zero-order valence-corrected chi connectivity index (χ0v) is 15.9. The number of rotatable bonds is 9. The van der Waals surface area contributed by atoms with Crippen LogP contribution in [0.1, 0.15) is 37.7 Å². The molecule has 25 heavy (non-hydrogen) atoms. The summed E-state index contributed by atoms with van der Waals surface area (Å²) in [6, 6.07) is 8.32. The minimum absolute atomic E-state index is 0.368. The predicted molar refractivity (Wildman–Crippen MR) is 102 cm³/mol. The molecule has 2 fully saturated rings. The summed E-state index contributed by atoms with van der Waals surface area (Å²) in [4.78, 5) is 2.68. The lowest BCUT2D eigenvalue weighted by Crippen LogP contribution is -2.48. The summed E-state index contributed by atoms with van der Waals surface area (Å²) in [5, 5.41) is 3.33. The molecule has 0 radical (unpaired) electrons. The van der Waals surface area contributed by atoms with Crippen LogP contribution in [0.15, 0.2) is 24.3 Å². The smallest absolute Gasteiger partial charge is 0.119 e. The number of methoxy groups -OCH3 is 1. The van der Waals surface area contributed by atoms with Gasteiger partial charge >= 0.3 is 0 Å². The number of hydrogen-bond donors (Lipinski definition) is 1. The van der Waals surface area contributed by atoms with Gasteiger partial charge in [-0.2, -0.15) is 0 Å². The van der Waals surface area contributed by atoms with E-state index in [0.717, 1.165) is 18.3 Å². The monoisotopic (exact) mass is 346 g/mol. The lowest BCUT2D eigenvalue weighted by Gasteiger charge is -2.46. The van der Waals surface area contributed by atoms with Crippen molar-refractivity contribution in [1.82, 2.24) is 10.2 Å². The standard InChI is InChI=1S/C21H34N2O2/c1-22-14-18-7-11-23(12-8-18)16-21(9-4-10-21)17-25-20-6-3-5-19(13-20)15-24-2/h3,5-6,13,18,22H,4,7-12,14-17H2,1-2H3. The molecule has 0 aromatic heterocycles. The molecule has 1 saturated heterocycles. The van der Waals surface area contributed by atoms with Crippen LogP contribution >= 0.6 is 0 Å². The van der Waals surface area contributed by atoms with Gasteiger partial charge in [0.2, 0.25) is 0 Å². The second-order valence-corrected chi connectivity index (χ2v) is 8.00. The summed E-state index contributed by atoms with van der Waals surface area (Å²) < 4.78 is 11.4. The van der Waals surface area contributed by atoms with E-state index in [-0.39, 0.29) is 0 Å². The first kappa shape index (κ1) is 18.7. The van der Waals surface area contributed by atoms with Gasteiger partial charge < -0.3 is 19.7 Å². The van der Waals surface area contributed by atoms with Crippen LogP contribution in [0.2, 0.25) is 0 Å². The van der Waals surface area contributed by atoms with E-state index in [4.69, 9.17) is 9.47 Å². The Balaban J connectivity index is 1.49. The molecule has 1 heterocycles. The van der Waals surface area contributed by atoms with Crippen molar-refractivity contribution in [3.63, 3.8) is 0 Å². The van der Waals surface area contributed by atoms with Crippen molar-refractivity contribution >= 4 is 0 Å². The molecule has 4 heteroatoms. The number of piperidine rings is 1. The number of benzene rings is 1. The Morgan fingerprint density at radius 3 is 2.68 bits per heavy atom. The molecule has 2 aliphatic rings. The number of likely N-dealkylation sites (tertiary alicyclic amines) is 1. The van der Waals surface area contributed by atoms with Gasteiger partial charge in [-0.15, -0.1) is 0 Å². The second-order valence-electron chi connectivity index (χ2n) is 8.00. The summed E-state index contributed by atoms with van der Waals surface area (Å²) in [6.07, 6.45) is 6.62. The fraction of sp³-hybridized carbons (Fsp3) is 0.714. The number of hydrogen-bond acceptors (Lipinski definition) is 4. The molecule has 1 aliphatic heterocycles. The van der Waals surface area contributed by atoms with Gasteiger partial charge in [0.05, 0.1) is 13.2 Å². The van der Waals surface area contributed by atoms with E-state index in [9.17, 15) is 0 Å². The zero-order chi connectivity index (χ0) is 17.5. The van der Waals surface area contributed by atoms with Gasteiger partial charge in [-0.1, -0.05) is 18.6 Å². The Hall–Kier alpha value is -1.10. The van der Waals surface area contributed by atoms with Gasteiger partial charge in [0.1, 0.15) is 5.75 Å². The molecule has 3 rings (SSSR count). The van der Waals surface area contributed by atoms with E-state index in [0.29, 0.717) is 12.0 Å². The van der Waals surface area contributed by atoms with Gasteiger partial charge in [-0.3, -0.25) is 0 Å². The molecule has 0 atom stereocenters. The van der Waals surface area contributed by atoms with Crippen molar-refractivity contribution in [3.8, 4) is 5.75 Å². The highest BCUT2D eigenvalue weighted by Gasteiger charge is 2.40. The molecule has 0 unspecified atom stereocenters. The molecule has 0 amide bonds. The van der Waals surface area contributed by atoms with E-state index in [1.807, 2.05) is 0 Å². The Labute approximate surface area is 152 Å². The molecule has 4 nitrogen and oxygen atoms in total. The normalized spacial score (nSPS) is 21.0. The van der Waals surface area contributed by atoms with E-state index < -0.39 is 0 Å². The second kappa shape index (κ2) is 9.02. The van der Waals surface area contributed by atoms with E-state index in [1.165, 1.54) is 63.8 Å². The molecule has 1 aliphatic carbocycles. The molecule has 0 bridgehead atoms. The van der Waals surface area contributed by atoms with Gasteiger partial charge in [0.15, 0.2) is 0 Å². The van der Waals surface area contributed by atoms with Crippen LogP contribution in [0.3, 0.4) is 0 Å². The minimum Gasteiger partial charge on any atom is -0.493 e. The average molecular weight is 347 g/mol. The first-order valence-electron chi connectivity index (χ1n) is 9.81. The number of nitrogens with zero attached hydrogens (tertiary/aromatic N) is 1. The molecular formula is C21H34N2O2. The maximum Gasteiger partial charge on any atom is 0.119 e. The lowest BCUT2D eigenvalue weighted by atomic mass is 9.68. The van der Waals surface area contributed by atoms with Gasteiger partial charge in [0, 0.05) is 19.1 Å². The highest BCUT2D eigenvalue weighted by Crippen LogP contribution is 2.42. The highest BCUT2D eigenvalue weighted by atomic mass is 16.5. The molecule has 1 saturated carbocycles. The van der Waals surface area contributed by atoms with Gasteiger partial charge in [-0.05, 0) is 76.0 Å². The Morgan fingerprint density at radius 2 is 2.04 bits per heavy atom. The fourth-order valence-electron chi connectivity index (χ4n) is 4.26. The van der Waals surface area contributed by atoms with Crippen molar-refractivity contribution in [3.05, 3.63) is 29.8 Å². The minimum atomic E-state index is 0.368. The van der Waals surface area contributed by atoms with Crippen molar-refractivity contribution < 1.29 is 9.47 Å². The summed E-state index contributed by atoms with van der Waals surface area (Å²) in [7, 11) is 3.80. The predicted octanol–water partition coefficient (Wildman–Crippen LogP) is 3.31. The third-order valence-electron chi connectivity index (χ3n) is 5.93. The SMILES string of the molecule is CNCC1CCN(CC2(COc3cccc(COC)c3)CCC2)CC1. The third kappa shape index (κ3) is 5.19. The van der Waals surface area contributed by atoms with Crippen LogP contribution in [0, 0.1) is 11.3 Å². The van der Waals surface area contributed by atoms with Crippen molar-refractivity contribution in [2.45, 2.75) is 38.7 Å². The summed E-state index contributed by atoms with van der Waals surface area (Å²) in [5.41, 5.74) is 1.54. The third-order valence-corrected chi connectivity index (χ3v) is 5.93. The van der Waals surface area contributed by atoms with Crippen LogP contribution in [0.4, 0.5) is 0 Å². The van der Waals surface area contributed by atoms with E-state index in [2.05, 4.69) is 41.5 Å². The Morgan fingerprint density at radius 1 is 1.24 bits per heavy atom. The molecule has 140 valence electrons. The molecular weight excluding hydrogens is 312 g/mol.